The molecule has 0 atom stereocenters. The normalized spacial score (nSPS) is 10.8. The molecule has 0 spiro atoms. The second-order valence-electron chi connectivity index (χ2n) is 7.84. The number of carbonyl (C=O) groups excluding carboxylic acids is 2. The van der Waals surface area contributed by atoms with Crippen LogP contribution in [0.2, 0.25) is 0 Å². The molecule has 2 aromatic carbocycles. The van der Waals surface area contributed by atoms with Gasteiger partial charge >= 0.3 is 0 Å². The van der Waals surface area contributed by atoms with E-state index in [0.717, 1.165) is 11.4 Å². The SMILES string of the molecule is CC(=O)c1c(C)nn(-c2ccccc2)c1OCCOc1c(C(C)=O)c(C)nn1-c1ccccc1. The fourth-order valence-corrected chi connectivity index (χ4v) is 3.85. The predicted octanol–water partition coefficient (Wildman–Crippen LogP) is 4.54. The van der Waals surface area contributed by atoms with Crippen molar-refractivity contribution in [3.05, 3.63) is 83.2 Å². The van der Waals surface area contributed by atoms with E-state index >= 15 is 0 Å². The largest absolute Gasteiger partial charge is 0.473 e. The summed E-state index contributed by atoms with van der Waals surface area (Å²) in [6, 6.07) is 18.9. The Morgan fingerprint density at radius 2 is 1.03 bits per heavy atom. The molecule has 8 heteroatoms. The average molecular weight is 459 g/mol. The van der Waals surface area contributed by atoms with Gasteiger partial charge in [-0.1, -0.05) is 36.4 Å². The van der Waals surface area contributed by atoms with Crippen LogP contribution in [-0.4, -0.2) is 44.3 Å². The standard InChI is InChI=1S/C26H26N4O4/c1-17-23(19(3)31)25(29(27-17)21-11-7-5-8-12-21)33-15-16-34-26-24(20(4)32)18(2)28-30(26)22-13-9-6-10-14-22/h5-14H,15-16H2,1-4H3. The van der Waals surface area contributed by atoms with Crippen molar-refractivity contribution in [3.8, 4) is 23.1 Å². The van der Waals surface area contributed by atoms with E-state index in [2.05, 4.69) is 10.2 Å². The van der Waals surface area contributed by atoms with Gasteiger partial charge in [0.15, 0.2) is 11.6 Å². The van der Waals surface area contributed by atoms with E-state index < -0.39 is 0 Å². The first-order chi connectivity index (χ1) is 16.4. The summed E-state index contributed by atoms with van der Waals surface area (Å²) in [5.41, 5.74) is 3.60. The Bertz CT molecular complexity index is 1220. The van der Waals surface area contributed by atoms with Gasteiger partial charge in [0, 0.05) is 0 Å². The number of hydrogen-bond acceptors (Lipinski definition) is 6. The maximum absolute atomic E-state index is 12.3. The minimum absolute atomic E-state index is 0.132. The van der Waals surface area contributed by atoms with Gasteiger partial charge in [0.1, 0.15) is 24.3 Å². The lowest BCUT2D eigenvalue weighted by molar-refractivity contribution is 0.0994. The maximum atomic E-state index is 12.3. The van der Waals surface area contributed by atoms with E-state index in [9.17, 15) is 9.59 Å². The molecule has 0 saturated heterocycles. The Morgan fingerprint density at radius 1 is 0.676 bits per heavy atom. The molecular weight excluding hydrogens is 432 g/mol. The fraction of sp³-hybridized carbons (Fsp3) is 0.231. The Labute approximate surface area is 197 Å². The predicted molar refractivity (Wildman–Crippen MR) is 128 cm³/mol. The molecule has 2 aromatic heterocycles. The molecule has 0 aliphatic carbocycles. The van der Waals surface area contributed by atoms with Crippen molar-refractivity contribution < 1.29 is 19.1 Å². The van der Waals surface area contributed by atoms with Gasteiger partial charge in [0.2, 0.25) is 11.8 Å². The van der Waals surface area contributed by atoms with E-state index in [1.54, 1.807) is 23.2 Å². The van der Waals surface area contributed by atoms with Gasteiger partial charge in [-0.05, 0) is 52.0 Å². The van der Waals surface area contributed by atoms with E-state index in [4.69, 9.17) is 9.47 Å². The first kappa shape index (κ1) is 23.0. The number of rotatable bonds is 9. The van der Waals surface area contributed by atoms with Crippen LogP contribution in [0.4, 0.5) is 0 Å². The van der Waals surface area contributed by atoms with E-state index in [1.165, 1.54) is 13.8 Å². The first-order valence-electron chi connectivity index (χ1n) is 11.0. The zero-order chi connectivity index (χ0) is 24.2. The van der Waals surface area contributed by atoms with Crippen molar-refractivity contribution in [1.29, 1.82) is 0 Å². The molecule has 4 rings (SSSR count). The molecule has 0 amide bonds. The quantitative estimate of drug-likeness (QED) is 0.270. The van der Waals surface area contributed by atoms with Crippen molar-refractivity contribution in [3.63, 3.8) is 0 Å². The molecule has 0 N–H and O–H groups in total. The Balaban J connectivity index is 1.58. The Morgan fingerprint density at radius 3 is 1.35 bits per heavy atom. The van der Waals surface area contributed by atoms with Crippen LogP contribution in [0.5, 0.6) is 11.8 Å². The molecular formula is C26H26N4O4. The topological polar surface area (TPSA) is 88.2 Å². The molecule has 0 fully saturated rings. The minimum Gasteiger partial charge on any atom is -0.473 e. The molecule has 0 unspecified atom stereocenters. The Kier molecular flexibility index (Phi) is 6.58. The first-order valence-corrected chi connectivity index (χ1v) is 11.0. The molecule has 34 heavy (non-hydrogen) atoms. The highest BCUT2D eigenvalue weighted by Crippen LogP contribution is 2.28. The summed E-state index contributed by atoms with van der Waals surface area (Å²) in [6.07, 6.45) is 0. The van der Waals surface area contributed by atoms with Gasteiger partial charge in [0.05, 0.1) is 22.8 Å². The molecule has 2 heterocycles. The molecule has 0 radical (unpaired) electrons. The maximum Gasteiger partial charge on any atom is 0.228 e. The van der Waals surface area contributed by atoms with E-state index in [-0.39, 0.29) is 24.8 Å². The van der Waals surface area contributed by atoms with Crippen LogP contribution in [0.3, 0.4) is 0 Å². The third kappa shape index (κ3) is 4.47. The molecule has 8 nitrogen and oxygen atoms in total. The van der Waals surface area contributed by atoms with E-state index in [1.807, 2.05) is 60.7 Å². The third-order valence-corrected chi connectivity index (χ3v) is 5.30. The number of ketones is 2. The molecule has 0 bridgehead atoms. The van der Waals surface area contributed by atoms with Crippen molar-refractivity contribution in [2.75, 3.05) is 13.2 Å². The number of hydrogen-bond donors (Lipinski definition) is 0. The number of aryl methyl sites for hydroxylation is 2. The molecule has 174 valence electrons. The van der Waals surface area contributed by atoms with Crippen LogP contribution < -0.4 is 9.47 Å². The second-order valence-corrected chi connectivity index (χ2v) is 7.84. The number of ether oxygens (including phenoxy) is 2. The third-order valence-electron chi connectivity index (χ3n) is 5.30. The average Bonchev–Trinajstić information content (AvgIpc) is 3.34. The summed E-state index contributed by atoms with van der Waals surface area (Å²) in [7, 11) is 0. The highest BCUT2D eigenvalue weighted by molar-refractivity contribution is 5.98. The smallest absolute Gasteiger partial charge is 0.228 e. The number of para-hydroxylation sites is 2. The zero-order valence-electron chi connectivity index (χ0n) is 19.6. The lowest BCUT2D eigenvalue weighted by atomic mass is 10.2. The van der Waals surface area contributed by atoms with E-state index in [0.29, 0.717) is 34.3 Å². The van der Waals surface area contributed by atoms with Crippen LogP contribution >= 0.6 is 0 Å². The minimum atomic E-state index is -0.132. The van der Waals surface area contributed by atoms with Gasteiger partial charge in [0.25, 0.3) is 0 Å². The van der Waals surface area contributed by atoms with Gasteiger partial charge in [-0.3, -0.25) is 9.59 Å². The summed E-state index contributed by atoms with van der Waals surface area (Å²) in [6.45, 7) is 6.80. The molecule has 0 aliphatic rings. The van der Waals surface area contributed by atoms with Crippen molar-refractivity contribution in [2.45, 2.75) is 27.7 Å². The van der Waals surface area contributed by atoms with Crippen molar-refractivity contribution in [1.82, 2.24) is 19.6 Å². The van der Waals surface area contributed by atoms with Crippen LogP contribution in [0, 0.1) is 13.8 Å². The van der Waals surface area contributed by atoms with Crippen LogP contribution in [0.1, 0.15) is 46.0 Å². The number of Topliss-reactive ketones (excluding diaryl/α,β-unsaturated/α-hetero) is 2. The summed E-state index contributed by atoms with van der Waals surface area (Å²) in [5, 5.41) is 9.01. The number of carbonyl (C=O) groups is 2. The Hall–Kier alpha value is -4.20. The summed E-state index contributed by atoms with van der Waals surface area (Å²) >= 11 is 0. The number of nitrogens with zero attached hydrogens (tertiary/aromatic N) is 4. The van der Waals surface area contributed by atoms with Crippen LogP contribution in [-0.2, 0) is 0 Å². The van der Waals surface area contributed by atoms with Gasteiger partial charge < -0.3 is 9.47 Å². The molecule has 0 saturated carbocycles. The summed E-state index contributed by atoms with van der Waals surface area (Å²) in [5.74, 6) is 0.457. The lowest BCUT2D eigenvalue weighted by Gasteiger charge is -2.13. The fourth-order valence-electron chi connectivity index (χ4n) is 3.85. The number of benzene rings is 2. The zero-order valence-corrected chi connectivity index (χ0v) is 19.6. The second kappa shape index (κ2) is 9.74. The van der Waals surface area contributed by atoms with Crippen molar-refractivity contribution in [2.24, 2.45) is 0 Å². The summed E-state index contributed by atoms with van der Waals surface area (Å²) in [4.78, 5) is 24.6. The van der Waals surface area contributed by atoms with Gasteiger partial charge in [-0.25, -0.2) is 9.36 Å². The number of aromatic nitrogens is 4. The molecule has 0 aliphatic heterocycles. The summed E-state index contributed by atoms with van der Waals surface area (Å²) < 4.78 is 15.3. The van der Waals surface area contributed by atoms with Crippen LogP contribution in [0.15, 0.2) is 60.7 Å². The lowest BCUT2D eigenvalue weighted by Crippen LogP contribution is -2.15. The van der Waals surface area contributed by atoms with Crippen LogP contribution in [0.25, 0.3) is 11.4 Å². The van der Waals surface area contributed by atoms with Gasteiger partial charge in [-0.15, -0.1) is 0 Å². The molecule has 4 aromatic rings. The highest BCUT2D eigenvalue weighted by Gasteiger charge is 2.23. The van der Waals surface area contributed by atoms with Gasteiger partial charge in [-0.2, -0.15) is 10.2 Å². The highest BCUT2D eigenvalue weighted by atomic mass is 16.5. The monoisotopic (exact) mass is 458 g/mol. The van der Waals surface area contributed by atoms with Crippen molar-refractivity contribution >= 4 is 11.6 Å².